The van der Waals surface area contributed by atoms with Crippen molar-refractivity contribution >= 4 is 51.2 Å². The lowest BCUT2D eigenvalue weighted by Gasteiger charge is -2.11. The summed E-state index contributed by atoms with van der Waals surface area (Å²) in [6.07, 6.45) is 1.72. The Bertz CT molecular complexity index is 787. The third-order valence-corrected chi connectivity index (χ3v) is 3.74. The Hall–Kier alpha value is -1.97. The minimum atomic E-state index is 0.509. The van der Waals surface area contributed by atoms with Crippen molar-refractivity contribution in [2.75, 3.05) is 11.1 Å². The Labute approximate surface area is 126 Å². The molecule has 0 aliphatic rings. The van der Waals surface area contributed by atoms with Gasteiger partial charge in [0.15, 0.2) is 0 Å². The molecular weight excluding hydrogens is 293 g/mol. The number of aromatic nitrogens is 1. The highest BCUT2D eigenvalue weighted by Gasteiger charge is 2.05. The maximum absolute atomic E-state index is 6.02. The predicted octanol–water partition coefficient (Wildman–Crippen LogP) is 4.87. The molecule has 0 unspecified atom stereocenters. The van der Waals surface area contributed by atoms with Gasteiger partial charge in [0, 0.05) is 23.0 Å². The Morgan fingerprint density at radius 1 is 1.00 bits per heavy atom. The molecule has 3 N–H and O–H groups in total. The molecule has 0 aliphatic carbocycles. The normalized spacial score (nSPS) is 10.7. The summed E-state index contributed by atoms with van der Waals surface area (Å²) in [7, 11) is 0. The zero-order valence-electron chi connectivity index (χ0n) is 10.4. The van der Waals surface area contributed by atoms with Gasteiger partial charge in [0.2, 0.25) is 0 Å². The van der Waals surface area contributed by atoms with Crippen LogP contribution >= 0.6 is 23.2 Å². The first-order valence-electron chi connectivity index (χ1n) is 6.00. The number of nitrogens with one attached hydrogen (secondary N) is 1. The highest BCUT2D eigenvalue weighted by atomic mass is 35.5. The standard InChI is InChI=1S/C15H11Cl2N3/c16-11-5-4-9(8-12(11)17)20-14-6-7-19-15-10(14)2-1-3-13(15)18/h1-8H,18H2,(H,19,20). The van der Waals surface area contributed by atoms with E-state index in [0.29, 0.717) is 15.7 Å². The van der Waals surface area contributed by atoms with Gasteiger partial charge in [0.05, 0.1) is 21.2 Å². The number of hydrogen-bond donors (Lipinski definition) is 2. The fourth-order valence-corrected chi connectivity index (χ4v) is 2.34. The van der Waals surface area contributed by atoms with Crippen LogP contribution in [0.5, 0.6) is 0 Å². The van der Waals surface area contributed by atoms with Crippen molar-refractivity contribution in [3.05, 3.63) is 58.7 Å². The molecule has 0 spiro atoms. The van der Waals surface area contributed by atoms with Gasteiger partial charge in [-0.15, -0.1) is 0 Å². The molecule has 2 aromatic carbocycles. The van der Waals surface area contributed by atoms with Crippen LogP contribution in [0.25, 0.3) is 10.9 Å². The number of anilines is 3. The Balaban J connectivity index is 2.06. The van der Waals surface area contributed by atoms with E-state index in [-0.39, 0.29) is 0 Å². The van der Waals surface area contributed by atoms with Crippen LogP contribution in [0.3, 0.4) is 0 Å². The van der Waals surface area contributed by atoms with E-state index in [1.807, 2.05) is 30.3 Å². The van der Waals surface area contributed by atoms with Crippen LogP contribution in [-0.4, -0.2) is 4.98 Å². The average molecular weight is 304 g/mol. The van der Waals surface area contributed by atoms with E-state index < -0.39 is 0 Å². The van der Waals surface area contributed by atoms with Crippen LogP contribution < -0.4 is 11.1 Å². The first-order chi connectivity index (χ1) is 9.65. The van der Waals surface area contributed by atoms with Crippen molar-refractivity contribution in [2.45, 2.75) is 0 Å². The molecule has 1 aromatic heterocycles. The number of rotatable bonds is 2. The summed E-state index contributed by atoms with van der Waals surface area (Å²) in [6, 6.07) is 13.0. The summed E-state index contributed by atoms with van der Waals surface area (Å²) in [6.45, 7) is 0. The van der Waals surface area contributed by atoms with E-state index in [2.05, 4.69) is 10.3 Å². The lowest BCUT2D eigenvalue weighted by atomic mass is 10.1. The highest BCUT2D eigenvalue weighted by Crippen LogP contribution is 2.30. The Morgan fingerprint density at radius 2 is 1.85 bits per heavy atom. The first-order valence-corrected chi connectivity index (χ1v) is 6.76. The molecule has 1 heterocycles. The first kappa shape index (κ1) is 13.0. The monoisotopic (exact) mass is 303 g/mol. The van der Waals surface area contributed by atoms with Gasteiger partial charge in [-0.25, -0.2) is 0 Å². The Morgan fingerprint density at radius 3 is 2.65 bits per heavy atom. The maximum atomic E-state index is 6.02. The average Bonchev–Trinajstić information content (AvgIpc) is 2.44. The zero-order valence-corrected chi connectivity index (χ0v) is 11.9. The molecule has 20 heavy (non-hydrogen) atoms. The van der Waals surface area contributed by atoms with E-state index in [4.69, 9.17) is 28.9 Å². The molecule has 0 amide bonds. The van der Waals surface area contributed by atoms with Crippen LogP contribution in [0.15, 0.2) is 48.7 Å². The van der Waals surface area contributed by atoms with Gasteiger partial charge in [0.1, 0.15) is 0 Å². The largest absolute Gasteiger partial charge is 0.397 e. The predicted molar refractivity (Wildman–Crippen MR) is 85.9 cm³/mol. The minimum Gasteiger partial charge on any atom is -0.397 e. The zero-order chi connectivity index (χ0) is 14.1. The van der Waals surface area contributed by atoms with Gasteiger partial charge in [-0.2, -0.15) is 0 Å². The third-order valence-electron chi connectivity index (χ3n) is 3.00. The lowest BCUT2D eigenvalue weighted by Crippen LogP contribution is -1.95. The number of nitrogens with two attached hydrogens (primary N) is 1. The van der Waals surface area contributed by atoms with E-state index >= 15 is 0 Å². The van der Waals surface area contributed by atoms with Crippen molar-refractivity contribution in [3.8, 4) is 0 Å². The number of benzene rings is 2. The van der Waals surface area contributed by atoms with Crippen LogP contribution in [0, 0.1) is 0 Å². The molecule has 3 rings (SSSR count). The van der Waals surface area contributed by atoms with Crippen LogP contribution in [0.2, 0.25) is 10.0 Å². The fraction of sp³-hybridized carbons (Fsp3) is 0. The molecule has 3 nitrogen and oxygen atoms in total. The van der Waals surface area contributed by atoms with Gasteiger partial charge in [-0.05, 0) is 30.3 Å². The second-order valence-corrected chi connectivity index (χ2v) is 5.17. The van der Waals surface area contributed by atoms with E-state index in [0.717, 1.165) is 22.3 Å². The van der Waals surface area contributed by atoms with E-state index in [1.54, 1.807) is 18.3 Å². The van der Waals surface area contributed by atoms with Crippen molar-refractivity contribution < 1.29 is 0 Å². The van der Waals surface area contributed by atoms with Crippen molar-refractivity contribution in [3.63, 3.8) is 0 Å². The van der Waals surface area contributed by atoms with Gasteiger partial charge < -0.3 is 11.1 Å². The van der Waals surface area contributed by atoms with E-state index in [9.17, 15) is 0 Å². The number of hydrogen-bond acceptors (Lipinski definition) is 3. The highest BCUT2D eigenvalue weighted by molar-refractivity contribution is 6.42. The molecule has 0 saturated carbocycles. The van der Waals surface area contributed by atoms with Gasteiger partial charge >= 0.3 is 0 Å². The molecule has 5 heteroatoms. The molecule has 0 fully saturated rings. The number of pyridine rings is 1. The minimum absolute atomic E-state index is 0.509. The summed E-state index contributed by atoms with van der Waals surface area (Å²) >= 11 is 11.9. The maximum Gasteiger partial charge on any atom is 0.0951 e. The summed E-state index contributed by atoms with van der Waals surface area (Å²) < 4.78 is 0. The number of para-hydroxylation sites is 1. The molecule has 0 radical (unpaired) electrons. The second-order valence-electron chi connectivity index (χ2n) is 4.36. The third kappa shape index (κ3) is 2.38. The lowest BCUT2D eigenvalue weighted by molar-refractivity contribution is 1.40. The van der Waals surface area contributed by atoms with Crippen LogP contribution in [0.4, 0.5) is 17.1 Å². The second kappa shape index (κ2) is 5.19. The van der Waals surface area contributed by atoms with Gasteiger partial charge in [-0.3, -0.25) is 4.98 Å². The quantitative estimate of drug-likeness (QED) is 0.664. The van der Waals surface area contributed by atoms with Crippen molar-refractivity contribution in [1.82, 2.24) is 4.98 Å². The molecule has 3 aromatic rings. The number of nitrogen functional groups attached to an aromatic ring is 1. The summed E-state index contributed by atoms with van der Waals surface area (Å²) in [5.41, 5.74) is 9.14. The van der Waals surface area contributed by atoms with Crippen LogP contribution in [0.1, 0.15) is 0 Å². The number of fused-ring (bicyclic) bond motifs is 1. The summed E-state index contributed by atoms with van der Waals surface area (Å²) in [4.78, 5) is 4.30. The molecule has 100 valence electrons. The number of halogens is 2. The SMILES string of the molecule is Nc1cccc2c(Nc3ccc(Cl)c(Cl)c3)ccnc12. The molecule has 0 bridgehead atoms. The molecule has 0 aliphatic heterocycles. The fourth-order valence-electron chi connectivity index (χ4n) is 2.04. The molecular formula is C15H11Cl2N3. The summed E-state index contributed by atoms with van der Waals surface area (Å²) in [5, 5.41) is 5.30. The summed E-state index contributed by atoms with van der Waals surface area (Å²) in [5.74, 6) is 0. The smallest absolute Gasteiger partial charge is 0.0951 e. The van der Waals surface area contributed by atoms with Crippen LogP contribution in [-0.2, 0) is 0 Å². The van der Waals surface area contributed by atoms with Crippen molar-refractivity contribution in [1.29, 1.82) is 0 Å². The topological polar surface area (TPSA) is 50.9 Å². The van der Waals surface area contributed by atoms with Gasteiger partial charge in [0.25, 0.3) is 0 Å². The molecule has 0 saturated heterocycles. The van der Waals surface area contributed by atoms with E-state index in [1.165, 1.54) is 0 Å². The Kier molecular flexibility index (Phi) is 3.38. The number of nitrogens with zero attached hydrogens (tertiary/aromatic N) is 1. The van der Waals surface area contributed by atoms with Gasteiger partial charge in [-0.1, -0.05) is 35.3 Å². The van der Waals surface area contributed by atoms with Crippen molar-refractivity contribution in [2.24, 2.45) is 0 Å². The molecule has 0 atom stereocenters.